The second-order valence-corrected chi connectivity index (χ2v) is 6.01. The Morgan fingerprint density at radius 2 is 2.17 bits per heavy atom. The summed E-state index contributed by atoms with van der Waals surface area (Å²) in [5.41, 5.74) is 0.372. The van der Waals surface area contributed by atoms with Crippen LogP contribution in [0.4, 0.5) is 0 Å². The first-order valence-electron chi connectivity index (χ1n) is 6.74. The summed E-state index contributed by atoms with van der Waals surface area (Å²) in [6, 6.07) is 0. The maximum atomic E-state index is 12.5. The molecule has 1 saturated carbocycles. The minimum atomic E-state index is -0.523. The molecule has 0 atom stereocenters. The molecule has 4 heteroatoms. The van der Waals surface area contributed by atoms with Crippen LogP contribution in [0.1, 0.15) is 49.7 Å². The molecule has 0 radical (unpaired) electrons. The number of carbonyl (C=O) groups excluding carboxylic acids is 1. The highest BCUT2D eigenvalue weighted by Gasteiger charge is 2.39. The number of hydrogen-bond donors (Lipinski definition) is 0. The SMILES string of the molecule is CCOC1(C(=O)Cc2csc(C)n2)CCCCC1. The van der Waals surface area contributed by atoms with Gasteiger partial charge in [-0.3, -0.25) is 4.79 Å². The van der Waals surface area contributed by atoms with Crippen LogP contribution in [0.2, 0.25) is 0 Å². The number of thiazole rings is 1. The normalized spacial score (nSPS) is 18.8. The van der Waals surface area contributed by atoms with Gasteiger partial charge in [0.2, 0.25) is 0 Å². The minimum Gasteiger partial charge on any atom is -0.367 e. The highest BCUT2D eigenvalue weighted by molar-refractivity contribution is 7.09. The van der Waals surface area contributed by atoms with E-state index in [1.807, 2.05) is 19.2 Å². The first-order chi connectivity index (χ1) is 8.66. The molecule has 1 aliphatic rings. The van der Waals surface area contributed by atoms with Crippen molar-refractivity contribution in [2.45, 2.75) is 58.0 Å². The molecule has 0 bridgehead atoms. The predicted octanol–water partition coefficient (Wildman–Crippen LogP) is 3.30. The maximum Gasteiger partial charge on any atom is 0.170 e. The molecule has 1 aromatic rings. The lowest BCUT2D eigenvalue weighted by atomic mass is 9.80. The number of ketones is 1. The Hall–Kier alpha value is -0.740. The number of aromatic nitrogens is 1. The summed E-state index contributed by atoms with van der Waals surface area (Å²) in [5, 5.41) is 3.00. The van der Waals surface area contributed by atoms with Crippen LogP contribution in [-0.2, 0) is 16.0 Å². The molecular weight excluding hydrogens is 246 g/mol. The van der Waals surface area contributed by atoms with Crippen LogP contribution in [0.5, 0.6) is 0 Å². The molecule has 0 aliphatic heterocycles. The van der Waals surface area contributed by atoms with E-state index >= 15 is 0 Å². The van der Waals surface area contributed by atoms with Crippen molar-refractivity contribution in [1.82, 2.24) is 4.98 Å². The zero-order valence-corrected chi connectivity index (χ0v) is 12.0. The van der Waals surface area contributed by atoms with Crippen LogP contribution in [0.3, 0.4) is 0 Å². The van der Waals surface area contributed by atoms with E-state index in [9.17, 15) is 4.79 Å². The number of nitrogens with zero attached hydrogens (tertiary/aromatic N) is 1. The first kappa shape index (κ1) is 13.7. The van der Waals surface area contributed by atoms with Gasteiger partial charge in [0.1, 0.15) is 5.60 Å². The van der Waals surface area contributed by atoms with Crippen molar-refractivity contribution in [2.75, 3.05) is 6.61 Å². The van der Waals surface area contributed by atoms with Gasteiger partial charge in [0.25, 0.3) is 0 Å². The molecule has 3 nitrogen and oxygen atoms in total. The molecule has 0 amide bonds. The topological polar surface area (TPSA) is 39.2 Å². The molecule has 1 aliphatic carbocycles. The third-order valence-corrected chi connectivity index (χ3v) is 4.42. The quantitative estimate of drug-likeness (QED) is 0.821. The molecule has 0 spiro atoms. The number of hydrogen-bond acceptors (Lipinski definition) is 4. The Balaban J connectivity index is 2.08. The third-order valence-electron chi connectivity index (χ3n) is 3.60. The van der Waals surface area contributed by atoms with E-state index in [1.165, 1.54) is 6.42 Å². The van der Waals surface area contributed by atoms with Gasteiger partial charge >= 0.3 is 0 Å². The summed E-state index contributed by atoms with van der Waals surface area (Å²) in [6.45, 7) is 4.55. The summed E-state index contributed by atoms with van der Waals surface area (Å²) in [4.78, 5) is 16.9. The second kappa shape index (κ2) is 5.93. The fourth-order valence-corrected chi connectivity index (χ4v) is 3.33. The Labute approximate surface area is 113 Å². The zero-order chi connectivity index (χ0) is 13.0. The standard InChI is InChI=1S/C14H21NO2S/c1-3-17-14(7-5-4-6-8-14)13(16)9-12-10-18-11(2)15-12/h10H,3-9H2,1-2H3. The van der Waals surface area contributed by atoms with Crippen LogP contribution in [-0.4, -0.2) is 23.0 Å². The summed E-state index contributed by atoms with van der Waals surface area (Å²) < 4.78 is 5.84. The van der Waals surface area contributed by atoms with Gasteiger partial charge < -0.3 is 4.74 Å². The molecule has 0 N–H and O–H groups in total. The van der Waals surface area contributed by atoms with Crippen molar-refractivity contribution in [2.24, 2.45) is 0 Å². The lowest BCUT2D eigenvalue weighted by Crippen LogP contribution is -2.44. The van der Waals surface area contributed by atoms with Crippen LogP contribution in [0, 0.1) is 6.92 Å². The van der Waals surface area contributed by atoms with E-state index in [0.29, 0.717) is 13.0 Å². The third kappa shape index (κ3) is 2.98. The second-order valence-electron chi connectivity index (χ2n) is 4.95. The number of ether oxygens (including phenoxy) is 1. The zero-order valence-electron chi connectivity index (χ0n) is 11.2. The molecule has 100 valence electrons. The van der Waals surface area contributed by atoms with Gasteiger partial charge in [-0.1, -0.05) is 19.3 Å². The van der Waals surface area contributed by atoms with E-state index in [0.717, 1.165) is 36.4 Å². The van der Waals surface area contributed by atoms with Gasteiger partial charge in [0.15, 0.2) is 5.78 Å². The highest BCUT2D eigenvalue weighted by atomic mass is 32.1. The van der Waals surface area contributed by atoms with Crippen molar-refractivity contribution < 1.29 is 9.53 Å². The lowest BCUT2D eigenvalue weighted by molar-refractivity contribution is -0.148. The number of rotatable bonds is 5. The van der Waals surface area contributed by atoms with Crippen molar-refractivity contribution in [3.05, 3.63) is 16.1 Å². The first-order valence-corrected chi connectivity index (χ1v) is 7.62. The lowest BCUT2D eigenvalue weighted by Gasteiger charge is -2.35. The Morgan fingerprint density at radius 1 is 1.44 bits per heavy atom. The monoisotopic (exact) mass is 267 g/mol. The van der Waals surface area contributed by atoms with E-state index < -0.39 is 5.60 Å². The van der Waals surface area contributed by atoms with E-state index in [2.05, 4.69) is 4.98 Å². The summed E-state index contributed by atoms with van der Waals surface area (Å²) >= 11 is 1.60. The Bertz CT molecular complexity index is 402. The van der Waals surface area contributed by atoms with E-state index in [1.54, 1.807) is 11.3 Å². The number of aryl methyl sites for hydroxylation is 1. The molecule has 1 fully saturated rings. The maximum absolute atomic E-state index is 12.5. The Kier molecular flexibility index (Phi) is 4.51. The smallest absolute Gasteiger partial charge is 0.170 e. The van der Waals surface area contributed by atoms with Gasteiger partial charge in [-0.2, -0.15) is 0 Å². The van der Waals surface area contributed by atoms with Gasteiger partial charge in [0.05, 0.1) is 17.1 Å². The van der Waals surface area contributed by atoms with Crippen molar-refractivity contribution in [3.8, 4) is 0 Å². The van der Waals surface area contributed by atoms with Gasteiger partial charge in [-0.15, -0.1) is 11.3 Å². The van der Waals surface area contributed by atoms with Crippen LogP contribution < -0.4 is 0 Å². The summed E-state index contributed by atoms with van der Waals surface area (Å²) in [6.07, 6.45) is 5.59. The summed E-state index contributed by atoms with van der Waals surface area (Å²) in [7, 11) is 0. The highest BCUT2D eigenvalue weighted by Crippen LogP contribution is 2.33. The average molecular weight is 267 g/mol. The fourth-order valence-electron chi connectivity index (χ4n) is 2.72. The van der Waals surface area contributed by atoms with Crippen LogP contribution in [0.25, 0.3) is 0 Å². The molecule has 18 heavy (non-hydrogen) atoms. The largest absolute Gasteiger partial charge is 0.367 e. The fraction of sp³-hybridized carbons (Fsp3) is 0.714. The van der Waals surface area contributed by atoms with Gasteiger partial charge in [0, 0.05) is 12.0 Å². The van der Waals surface area contributed by atoms with Gasteiger partial charge in [-0.25, -0.2) is 4.98 Å². The molecule has 2 rings (SSSR count). The van der Waals surface area contributed by atoms with E-state index in [4.69, 9.17) is 4.74 Å². The minimum absolute atomic E-state index is 0.217. The molecular formula is C14H21NO2S. The van der Waals surface area contributed by atoms with Crippen molar-refractivity contribution in [1.29, 1.82) is 0 Å². The molecule has 0 aromatic carbocycles. The molecule has 1 heterocycles. The van der Waals surface area contributed by atoms with Crippen molar-refractivity contribution >= 4 is 17.1 Å². The van der Waals surface area contributed by atoms with Crippen LogP contribution in [0.15, 0.2) is 5.38 Å². The Morgan fingerprint density at radius 3 is 2.72 bits per heavy atom. The van der Waals surface area contributed by atoms with Crippen molar-refractivity contribution in [3.63, 3.8) is 0 Å². The van der Waals surface area contributed by atoms with Gasteiger partial charge in [-0.05, 0) is 26.7 Å². The molecule has 1 aromatic heterocycles. The number of Topliss-reactive ketones (excluding diaryl/α,β-unsaturated/α-hetero) is 1. The summed E-state index contributed by atoms with van der Waals surface area (Å²) in [5.74, 6) is 0.217. The van der Waals surface area contributed by atoms with Crippen LogP contribution >= 0.6 is 11.3 Å². The molecule has 0 saturated heterocycles. The average Bonchev–Trinajstić information content (AvgIpc) is 2.76. The van der Waals surface area contributed by atoms with E-state index in [-0.39, 0.29) is 5.78 Å². The number of carbonyl (C=O) groups is 1. The molecule has 0 unspecified atom stereocenters. The predicted molar refractivity (Wildman–Crippen MR) is 73.0 cm³/mol.